The highest BCUT2D eigenvalue weighted by Crippen LogP contribution is 2.29. The molecule has 2 nitrogen and oxygen atoms in total. The van der Waals surface area contributed by atoms with Crippen molar-refractivity contribution in [2.45, 2.75) is 26.3 Å². The van der Waals surface area contributed by atoms with E-state index in [0.29, 0.717) is 12.0 Å². The van der Waals surface area contributed by atoms with Gasteiger partial charge >= 0.3 is 0 Å². The van der Waals surface area contributed by atoms with Crippen LogP contribution in [0.2, 0.25) is 0 Å². The van der Waals surface area contributed by atoms with Crippen LogP contribution >= 0.6 is 15.9 Å². The molecule has 20 heavy (non-hydrogen) atoms. The van der Waals surface area contributed by atoms with Crippen LogP contribution in [0.5, 0.6) is 0 Å². The molecular formula is C16H18BrFN2. The SMILES string of the molecule is Cc1cccc(C)c1CC(NN)c1c(F)cccc1Br. The number of rotatable bonds is 4. The molecule has 0 aromatic heterocycles. The maximum Gasteiger partial charge on any atom is 0.129 e. The van der Waals surface area contributed by atoms with Crippen LogP contribution in [-0.4, -0.2) is 0 Å². The summed E-state index contributed by atoms with van der Waals surface area (Å²) in [7, 11) is 0. The summed E-state index contributed by atoms with van der Waals surface area (Å²) in [5, 5.41) is 0. The fraction of sp³-hybridized carbons (Fsp3) is 0.250. The van der Waals surface area contributed by atoms with Gasteiger partial charge in [-0.05, 0) is 49.1 Å². The molecule has 0 saturated heterocycles. The lowest BCUT2D eigenvalue weighted by molar-refractivity contribution is 0.507. The highest BCUT2D eigenvalue weighted by Gasteiger charge is 2.19. The molecule has 2 aromatic rings. The molecule has 3 N–H and O–H groups in total. The van der Waals surface area contributed by atoms with Crippen molar-refractivity contribution in [2.75, 3.05) is 0 Å². The number of aryl methyl sites for hydroxylation is 2. The predicted molar refractivity (Wildman–Crippen MR) is 83.8 cm³/mol. The first kappa shape index (κ1) is 15.2. The van der Waals surface area contributed by atoms with Gasteiger partial charge in [0.25, 0.3) is 0 Å². The Labute approximate surface area is 127 Å². The summed E-state index contributed by atoms with van der Waals surface area (Å²) in [4.78, 5) is 0. The quantitative estimate of drug-likeness (QED) is 0.655. The molecule has 0 radical (unpaired) electrons. The van der Waals surface area contributed by atoms with Gasteiger partial charge in [-0.3, -0.25) is 11.3 Å². The largest absolute Gasteiger partial charge is 0.271 e. The Bertz CT molecular complexity index is 573. The lowest BCUT2D eigenvalue weighted by atomic mass is 9.93. The maximum absolute atomic E-state index is 14.1. The van der Waals surface area contributed by atoms with Gasteiger partial charge in [0.05, 0.1) is 6.04 Å². The second kappa shape index (κ2) is 6.48. The second-order valence-corrected chi connectivity index (χ2v) is 5.78. The Morgan fingerprint density at radius 3 is 2.30 bits per heavy atom. The van der Waals surface area contributed by atoms with Gasteiger partial charge in [-0.25, -0.2) is 4.39 Å². The topological polar surface area (TPSA) is 38.0 Å². The molecule has 2 aromatic carbocycles. The van der Waals surface area contributed by atoms with Crippen LogP contribution in [-0.2, 0) is 6.42 Å². The van der Waals surface area contributed by atoms with E-state index in [-0.39, 0.29) is 11.9 Å². The number of benzene rings is 2. The van der Waals surface area contributed by atoms with Crippen LogP contribution in [0.3, 0.4) is 0 Å². The maximum atomic E-state index is 14.1. The molecule has 0 aliphatic carbocycles. The Morgan fingerprint density at radius 2 is 1.75 bits per heavy atom. The number of hydrogen-bond acceptors (Lipinski definition) is 2. The highest BCUT2D eigenvalue weighted by atomic mass is 79.9. The number of nitrogens with one attached hydrogen (secondary N) is 1. The summed E-state index contributed by atoms with van der Waals surface area (Å²) in [6.07, 6.45) is 0.647. The van der Waals surface area contributed by atoms with Gasteiger partial charge in [0, 0.05) is 10.0 Å². The summed E-state index contributed by atoms with van der Waals surface area (Å²) in [5.74, 6) is 5.40. The van der Waals surface area contributed by atoms with Gasteiger partial charge in [0.15, 0.2) is 0 Å². The molecular weight excluding hydrogens is 319 g/mol. The number of hydrogen-bond donors (Lipinski definition) is 2. The monoisotopic (exact) mass is 336 g/mol. The molecule has 2 rings (SSSR count). The van der Waals surface area contributed by atoms with Crippen molar-refractivity contribution in [3.63, 3.8) is 0 Å². The fourth-order valence-corrected chi connectivity index (χ4v) is 3.08. The van der Waals surface area contributed by atoms with E-state index in [1.54, 1.807) is 6.07 Å². The molecule has 0 spiro atoms. The Hall–Kier alpha value is -1.23. The van der Waals surface area contributed by atoms with E-state index in [1.807, 2.05) is 12.1 Å². The Balaban J connectivity index is 2.39. The van der Waals surface area contributed by atoms with Crippen LogP contribution in [0.1, 0.15) is 28.3 Å². The van der Waals surface area contributed by atoms with Gasteiger partial charge in [-0.2, -0.15) is 0 Å². The van der Waals surface area contributed by atoms with Gasteiger partial charge < -0.3 is 0 Å². The number of halogens is 2. The van der Waals surface area contributed by atoms with E-state index >= 15 is 0 Å². The normalized spacial score (nSPS) is 12.4. The molecule has 0 aliphatic rings. The van der Waals surface area contributed by atoms with E-state index < -0.39 is 0 Å². The number of hydrazine groups is 1. The predicted octanol–water partition coefficient (Wildman–Crippen LogP) is 3.95. The molecule has 1 atom stereocenters. The van der Waals surface area contributed by atoms with Crippen LogP contribution in [0.4, 0.5) is 4.39 Å². The molecule has 106 valence electrons. The molecule has 0 saturated carbocycles. The molecule has 0 fully saturated rings. The van der Waals surface area contributed by atoms with Crippen molar-refractivity contribution < 1.29 is 4.39 Å². The third-order valence-corrected chi connectivity index (χ3v) is 4.29. The van der Waals surface area contributed by atoms with Crippen molar-refractivity contribution >= 4 is 15.9 Å². The van der Waals surface area contributed by atoms with Crippen LogP contribution in [0.15, 0.2) is 40.9 Å². The van der Waals surface area contributed by atoms with Crippen molar-refractivity contribution in [3.8, 4) is 0 Å². The average molecular weight is 337 g/mol. The zero-order chi connectivity index (χ0) is 14.7. The van der Waals surface area contributed by atoms with Crippen LogP contribution < -0.4 is 11.3 Å². The lowest BCUT2D eigenvalue weighted by Crippen LogP contribution is -2.31. The third kappa shape index (κ3) is 3.08. The molecule has 1 unspecified atom stereocenters. The van der Waals surface area contributed by atoms with Crippen LogP contribution in [0.25, 0.3) is 0 Å². The highest BCUT2D eigenvalue weighted by molar-refractivity contribution is 9.10. The summed E-state index contributed by atoms with van der Waals surface area (Å²) < 4.78 is 14.8. The summed E-state index contributed by atoms with van der Waals surface area (Å²) in [6, 6.07) is 10.8. The molecule has 0 heterocycles. The standard InChI is InChI=1S/C16H18BrFN2/c1-10-5-3-6-11(2)12(10)9-15(20-19)16-13(17)7-4-8-14(16)18/h3-8,15,20H,9,19H2,1-2H3. The van der Waals surface area contributed by atoms with Crippen molar-refractivity contribution in [2.24, 2.45) is 5.84 Å². The Kier molecular flexibility index (Phi) is 4.91. The first-order valence-electron chi connectivity index (χ1n) is 6.49. The first-order valence-corrected chi connectivity index (χ1v) is 7.29. The van der Waals surface area contributed by atoms with Gasteiger partial charge in [-0.15, -0.1) is 0 Å². The zero-order valence-electron chi connectivity index (χ0n) is 11.6. The minimum absolute atomic E-state index is 0.256. The third-order valence-electron chi connectivity index (χ3n) is 3.60. The van der Waals surface area contributed by atoms with Gasteiger partial charge in [-0.1, -0.05) is 40.2 Å². The molecule has 4 heteroatoms. The fourth-order valence-electron chi connectivity index (χ4n) is 2.46. The average Bonchev–Trinajstić information content (AvgIpc) is 2.40. The summed E-state index contributed by atoms with van der Waals surface area (Å²) >= 11 is 3.40. The van der Waals surface area contributed by atoms with Gasteiger partial charge in [0.1, 0.15) is 5.82 Å². The summed E-state index contributed by atoms with van der Waals surface area (Å²) in [5.41, 5.74) is 6.88. The first-order chi connectivity index (χ1) is 9.54. The minimum Gasteiger partial charge on any atom is -0.271 e. The van der Waals surface area contributed by atoms with Crippen molar-refractivity contribution in [1.29, 1.82) is 0 Å². The molecule has 0 aliphatic heterocycles. The van der Waals surface area contributed by atoms with E-state index in [4.69, 9.17) is 5.84 Å². The lowest BCUT2D eigenvalue weighted by Gasteiger charge is -2.21. The Morgan fingerprint density at radius 1 is 1.15 bits per heavy atom. The number of nitrogens with two attached hydrogens (primary N) is 1. The zero-order valence-corrected chi connectivity index (χ0v) is 13.2. The van der Waals surface area contributed by atoms with E-state index in [9.17, 15) is 4.39 Å². The van der Waals surface area contributed by atoms with Crippen LogP contribution in [0, 0.1) is 19.7 Å². The smallest absolute Gasteiger partial charge is 0.129 e. The second-order valence-electron chi connectivity index (χ2n) is 4.93. The van der Waals surface area contributed by atoms with Crippen molar-refractivity contribution in [1.82, 2.24) is 5.43 Å². The van der Waals surface area contributed by atoms with Gasteiger partial charge in [0.2, 0.25) is 0 Å². The minimum atomic E-state index is -0.273. The van der Waals surface area contributed by atoms with E-state index in [2.05, 4.69) is 47.3 Å². The van der Waals surface area contributed by atoms with E-state index in [0.717, 1.165) is 4.47 Å². The van der Waals surface area contributed by atoms with Crippen molar-refractivity contribution in [3.05, 3.63) is 68.9 Å². The van der Waals surface area contributed by atoms with E-state index in [1.165, 1.54) is 22.8 Å². The summed E-state index contributed by atoms with van der Waals surface area (Å²) in [6.45, 7) is 4.12. The molecule has 0 bridgehead atoms. The molecule has 0 amide bonds.